The first-order valence-corrected chi connectivity index (χ1v) is 3.07. The van der Waals surface area contributed by atoms with E-state index < -0.39 is 0 Å². The first-order chi connectivity index (χ1) is 4.33. The maximum absolute atomic E-state index is 9.75. The molecule has 0 amide bonds. The van der Waals surface area contributed by atoms with E-state index in [2.05, 4.69) is 10.1 Å². The average molecular weight is 129 g/mol. The first kappa shape index (κ1) is 6.55. The highest BCUT2D eigenvalue weighted by molar-refractivity contribution is 5.37. The molecule has 1 fully saturated rings. The van der Waals surface area contributed by atoms with Gasteiger partial charge in [-0.2, -0.15) is 0 Å². The van der Waals surface area contributed by atoms with Crippen molar-refractivity contribution in [2.75, 3.05) is 13.7 Å². The predicted molar refractivity (Wildman–Crippen MR) is 33.0 cm³/mol. The molecule has 0 radical (unpaired) electrons. The van der Waals surface area contributed by atoms with Crippen molar-refractivity contribution in [1.29, 1.82) is 0 Å². The van der Waals surface area contributed by atoms with Gasteiger partial charge in [-0.25, -0.2) is 0 Å². The van der Waals surface area contributed by atoms with Crippen LogP contribution in [0.3, 0.4) is 0 Å². The maximum Gasteiger partial charge on any atom is 0.293 e. The summed E-state index contributed by atoms with van der Waals surface area (Å²) in [5.74, 6) is 0. The minimum absolute atomic E-state index is 0.140. The van der Waals surface area contributed by atoms with Crippen LogP contribution in [-0.4, -0.2) is 25.7 Å². The van der Waals surface area contributed by atoms with Gasteiger partial charge in [0.15, 0.2) is 0 Å². The molecule has 9 heavy (non-hydrogen) atoms. The van der Waals surface area contributed by atoms with Crippen molar-refractivity contribution in [1.82, 2.24) is 5.32 Å². The molecule has 0 heterocycles. The Labute approximate surface area is 54.4 Å². The lowest BCUT2D eigenvalue weighted by atomic mass is 10.3. The molecule has 0 aromatic rings. The number of ether oxygens (including phenoxy) is 1. The van der Waals surface area contributed by atoms with Crippen molar-refractivity contribution in [3.63, 3.8) is 0 Å². The van der Waals surface area contributed by atoms with Gasteiger partial charge in [-0.1, -0.05) is 0 Å². The van der Waals surface area contributed by atoms with Gasteiger partial charge in [-0.05, 0) is 19.9 Å². The molecular weight excluding hydrogens is 118 g/mol. The van der Waals surface area contributed by atoms with Crippen molar-refractivity contribution in [2.45, 2.75) is 18.4 Å². The molecule has 1 saturated carbocycles. The average Bonchev–Trinajstić information content (AvgIpc) is 2.65. The van der Waals surface area contributed by atoms with Gasteiger partial charge >= 0.3 is 0 Å². The number of nitrogens with one attached hydrogen (secondary N) is 1. The van der Waals surface area contributed by atoms with Crippen LogP contribution in [0.5, 0.6) is 0 Å². The number of rotatable bonds is 4. The third kappa shape index (κ3) is 1.42. The number of hydrogen-bond donors (Lipinski definition) is 1. The fourth-order valence-electron chi connectivity index (χ4n) is 0.811. The van der Waals surface area contributed by atoms with E-state index in [1.807, 2.05) is 7.05 Å². The van der Waals surface area contributed by atoms with E-state index >= 15 is 0 Å². The van der Waals surface area contributed by atoms with Crippen LogP contribution in [0, 0.1) is 0 Å². The molecule has 1 rings (SSSR count). The van der Waals surface area contributed by atoms with Crippen molar-refractivity contribution in [3.05, 3.63) is 0 Å². The highest BCUT2D eigenvalue weighted by atomic mass is 16.5. The summed E-state index contributed by atoms with van der Waals surface area (Å²) in [5, 5.41) is 3.10. The lowest BCUT2D eigenvalue weighted by Gasteiger charge is -2.10. The Bertz CT molecular complexity index is 110. The SMILES string of the molecule is CNC1(COC=O)CC1. The summed E-state index contributed by atoms with van der Waals surface area (Å²) in [5.41, 5.74) is 0.140. The fraction of sp³-hybridized carbons (Fsp3) is 0.833. The second kappa shape index (κ2) is 2.35. The molecule has 1 N–H and O–H groups in total. The second-order valence-corrected chi connectivity index (χ2v) is 2.44. The van der Waals surface area contributed by atoms with Crippen LogP contribution >= 0.6 is 0 Å². The van der Waals surface area contributed by atoms with Crippen LogP contribution < -0.4 is 5.32 Å². The Kier molecular flexibility index (Phi) is 1.71. The van der Waals surface area contributed by atoms with Gasteiger partial charge in [-0.3, -0.25) is 4.79 Å². The molecule has 3 heteroatoms. The van der Waals surface area contributed by atoms with Crippen LogP contribution in [0.2, 0.25) is 0 Å². The fourth-order valence-corrected chi connectivity index (χ4v) is 0.811. The molecule has 1 aliphatic rings. The van der Waals surface area contributed by atoms with E-state index in [1.165, 1.54) is 0 Å². The molecule has 3 nitrogen and oxygen atoms in total. The van der Waals surface area contributed by atoms with E-state index in [4.69, 9.17) is 0 Å². The minimum Gasteiger partial charge on any atom is -0.466 e. The van der Waals surface area contributed by atoms with Crippen LogP contribution in [0.15, 0.2) is 0 Å². The number of carbonyl (C=O) groups excluding carboxylic acids is 1. The maximum atomic E-state index is 9.75. The molecule has 0 spiro atoms. The molecular formula is C6H11NO2. The van der Waals surface area contributed by atoms with Crippen LogP contribution in [0.25, 0.3) is 0 Å². The minimum atomic E-state index is 0.140. The van der Waals surface area contributed by atoms with E-state index in [-0.39, 0.29) is 5.54 Å². The summed E-state index contributed by atoms with van der Waals surface area (Å²) in [6.07, 6.45) is 2.24. The topological polar surface area (TPSA) is 38.3 Å². The third-order valence-electron chi connectivity index (χ3n) is 1.81. The smallest absolute Gasteiger partial charge is 0.293 e. The summed E-state index contributed by atoms with van der Waals surface area (Å²) in [6.45, 7) is 1.02. The molecule has 0 aromatic heterocycles. The van der Waals surface area contributed by atoms with Gasteiger partial charge in [0.1, 0.15) is 6.61 Å². The van der Waals surface area contributed by atoms with Gasteiger partial charge < -0.3 is 10.1 Å². The quantitative estimate of drug-likeness (QED) is 0.539. The Balaban J connectivity index is 2.17. The molecule has 0 unspecified atom stereocenters. The summed E-state index contributed by atoms with van der Waals surface area (Å²) in [4.78, 5) is 9.75. The van der Waals surface area contributed by atoms with Gasteiger partial charge in [-0.15, -0.1) is 0 Å². The zero-order chi connectivity index (χ0) is 6.74. The molecule has 0 aliphatic heterocycles. The monoisotopic (exact) mass is 129 g/mol. The van der Waals surface area contributed by atoms with E-state index in [0.717, 1.165) is 12.8 Å². The number of carbonyl (C=O) groups is 1. The van der Waals surface area contributed by atoms with Crippen molar-refractivity contribution in [2.24, 2.45) is 0 Å². The van der Waals surface area contributed by atoms with Gasteiger partial charge in [0, 0.05) is 0 Å². The van der Waals surface area contributed by atoms with Crippen molar-refractivity contribution in [3.8, 4) is 0 Å². The highest BCUT2D eigenvalue weighted by Gasteiger charge is 2.41. The second-order valence-electron chi connectivity index (χ2n) is 2.44. The van der Waals surface area contributed by atoms with E-state index in [1.54, 1.807) is 0 Å². The number of likely N-dealkylation sites (N-methyl/N-ethyl adjacent to an activating group) is 1. The third-order valence-corrected chi connectivity index (χ3v) is 1.81. The molecule has 0 atom stereocenters. The summed E-state index contributed by atoms with van der Waals surface area (Å²) in [7, 11) is 1.89. The molecule has 0 bridgehead atoms. The predicted octanol–water partition coefficient (Wildman–Crippen LogP) is -0.0886. The van der Waals surface area contributed by atoms with Crippen molar-refractivity contribution >= 4 is 6.47 Å². The molecule has 52 valence electrons. The molecule has 1 aliphatic carbocycles. The standard InChI is InChI=1S/C6H11NO2/c1-7-6(2-3-6)4-9-5-8/h5,7H,2-4H2,1H3. The van der Waals surface area contributed by atoms with E-state index in [0.29, 0.717) is 13.1 Å². The van der Waals surface area contributed by atoms with Crippen LogP contribution in [-0.2, 0) is 9.53 Å². The molecule has 0 saturated heterocycles. The van der Waals surface area contributed by atoms with Crippen molar-refractivity contribution < 1.29 is 9.53 Å². The van der Waals surface area contributed by atoms with Gasteiger partial charge in [0.2, 0.25) is 0 Å². The first-order valence-electron chi connectivity index (χ1n) is 3.07. The highest BCUT2D eigenvalue weighted by Crippen LogP contribution is 2.34. The summed E-state index contributed by atoms with van der Waals surface area (Å²) >= 11 is 0. The van der Waals surface area contributed by atoms with E-state index in [9.17, 15) is 4.79 Å². The lowest BCUT2D eigenvalue weighted by molar-refractivity contribution is -0.129. The van der Waals surface area contributed by atoms with Gasteiger partial charge in [0.05, 0.1) is 5.54 Å². The molecule has 0 aromatic carbocycles. The Morgan fingerprint density at radius 1 is 1.78 bits per heavy atom. The Hall–Kier alpha value is -0.570. The zero-order valence-corrected chi connectivity index (χ0v) is 5.52. The van der Waals surface area contributed by atoms with Gasteiger partial charge in [0.25, 0.3) is 6.47 Å². The Morgan fingerprint density at radius 2 is 2.44 bits per heavy atom. The Morgan fingerprint density at radius 3 is 2.78 bits per heavy atom. The van der Waals surface area contributed by atoms with Crippen LogP contribution in [0.1, 0.15) is 12.8 Å². The zero-order valence-electron chi connectivity index (χ0n) is 5.52. The lowest BCUT2D eigenvalue weighted by Crippen LogP contribution is -2.32. The summed E-state index contributed by atoms with van der Waals surface area (Å²) in [6, 6.07) is 0. The number of hydrogen-bond acceptors (Lipinski definition) is 3. The largest absolute Gasteiger partial charge is 0.466 e. The van der Waals surface area contributed by atoms with Crippen LogP contribution in [0.4, 0.5) is 0 Å². The normalized spacial score (nSPS) is 21.0. The summed E-state index contributed by atoms with van der Waals surface area (Å²) < 4.78 is 4.61.